The van der Waals surface area contributed by atoms with Crippen LogP contribution in [0.5, 0.6) is 5.75 Å². The van der Waals surface area contributed by atoms with Gasteiger partial charge in [-0.3, -0.25) is 14.5 Å². The first-order valence-electron chi connectivity index (χ1n) is 13.7. The highest BCUT2D eigenvalue weighted by Gasteiger charge is 2.35. The number of methoxy groups -OCH3 is 1. The molecule has 2 heterocycles. The first kappa shape index (κ1) is 33.6. The topological polar surface area (TPSA) is 142 Å². The van der Waals surface area contributed by atoms with E-state index in [1.54, 1.807) is 42.5 Å². The first-order valence-corrected chi connectivity index (χ1v) is 15.1. The second-order valence-electron chi connectivity index (χ2n) is 9.12. The molecular weight excluding hydrogens is 580 g/mol. The van der Waals surface area contributed by atoms with Crippen LogP contribution in [0.15, 0.2) is 91.1 Å². The molecule has 3 aromatic carbocycles. The Hall–Kier alpha value is -4.94. The smallest absolute Gasteiger partial charge is 0.335 e. The molecule has 3 amide bonds. The van der Waals surface area contributed by atoms with Gasteiger partial charge in [-0.25, -0.2) is 19.6 Å². The third kappa shape index (κ3) is 8.55. The summed E-state index contributed by atoms with van der Waals surface area (Å²) >= 11 is 1.86. The molecule has 1 aliphatic rings. The van der Waals surface area contributed by atoms with Crippen molar-refractivity contribution in [3.05, 3.63) is 96.7 Å². The molecule has 11 nitrogen and oxygen atoms in total. The van der Waals surface area contributed by atoms with Gasteiger partial charge >= 0.3 is 6.03 Å². The van der Waals surface area contributed by atoms with Crippen molar-refractivity contribution >= 4 is 58.5 Å². The number of benzene rings is 3. The second-order valence-corrected chi connectivity index (χ2v) is 10.3. The molecule has 0 saturated carbocycles. The highest BCUT2D eigenvalue weighted by molar-refractivity contribution is 7.98. The Bertz CT molecular complexity index is 1520. The lowest BCUT2D eigenvalue weighted by Crippen LogP contribution is -2.46. The maximum atomic E-state index is 13.8. The molecule has 1 aliphatic heterocycles. The zero-order valence-electron chi connectivity index (χ0n) is 25.1. The van der Waals surface area contributed by atoms with E-state index in [4.69, 9.17) is 25.4 Å². The third-order valence-electron chi connectivity index (χ3n) is 6.12. The van der Waals surface area contributed by atoms with Crippen molar-refractivity contribution < 1.29 is 24.2 Å². The lowest BCUT2D eigenvalue weighted by molar-refractivity contribution is -0.134. The van der Waals surface area contributed by atoms with Crippen LogP contribution in [0.25, 0.3) is 0 Å². The Labute approximate surface area is 261 Å². The molecule has 5 rings (SSSR count). The molecule has 0 unspecified atom stereocenters. The van der Waals surface area contributed by atoms with E-state index in [-0.39, 0.29) is 31.0 Å². The van der Waals surface area contributed by atoms with Crippen LogP contribution in [0.1, 0.15) is 19.4 Å². The number of para-hydroxylation sites is 2. The minimum absolute atomic E-state index is 0.141. The summed E-state index contributed by atoms with van der Waals surface area (Å²) in [7, 11) is 1.59. The fraction of sp³-hybridized carbons (Fsp3) is 0.219. The van der Waals surface area contributed by atoms with Crippen molar-refractivity contribution in [3.63, 3.8) is 0 Å². The van der Waals surface area contributed by atoms with Crippen molar-refractivity contribution in [3.8, 4) is 5.75 Å². The minimum atomic E-state index is -0.833. The van der Waals surface area contributed by atoms with E-state index in [0.29, 0.717) is 28.6 Å². The molecule has 0 spiro atoms. The predicted molar refractivity (Wildman–Crippen MR) is 175 cm³/mol. The van der Waals surface area contributed by atoms with Gasteiger partial charge in [0.2, 0.25) is 11.9 Å². The van der Waals surface area contributed by atoms with Gasteiger partial charge in [0, 0.05) is 24.4 Å². The van der Waals surface area contributed by atoms with E-state index in [2.05, 4.69) is 18.2 Å². The van der Waals surface area contributed by atoms with Crippen LogP contribution < -0.4 is 25.2 Å². The first-order chi connectivity index (χ1) is 21.2. The van der Waals surface area contributed by atoms with Crippen molar-refractivity contribution in [1.82, 2.24) is 9.97 Å². The summed E-state index contributed by atoms with van der Waals surface area (Å²) in [4.78, 5) is 49.4. The number of aliphatic carboxylic acids is 1. The molecule has 1 aromatic heterocycles. The summed E-state index contributed by atoms with van der Waals surface area (Å²) in [6, 6.07) is 25.3. The Morgan fingerprint density at radius 1 is 1.00 bits per heavy atom. The summed E-state index contributed by atoms with van der Waals surface area (Å²) in [5, 5.41) is 7.42. The van der Waals surface area contributed by atoms with E-state index in [9.17, 15) is 9.59 Å². The molecule has 12 heteroatoms. The zero-order chi connectivity index (χ0) is 32.1. The second kappa shape index (κ2) is 16.6. The van der Waals surface area contributed by atoms with Crippen LogP contribution in [-0.2, 0) is 16.1 Å². The Kier molecular flexibility index (Phi) is 12.7. The summed E-state index contributed by atoms with van der Waals surface area (Å²) in [5.41, 5.74) is 8.37. The number of thioether (sulfide) groups is 1. The van der Waals surface area contributed by atoms with Gasteiger partial charge in [-0.15, -0.1) is 0 Å². The number of anilines is 5. The molecule has 4 aromatic rings. The van der Waals surface area contributed by atoms with E-state index in [0.717, 1.165) is 12.5 Å². The molecule has 0 bridgehead atoms. The molecule has 0 saturated heterocycles. The third-order valence-corrected chi connectivity index (χ3v) is 6.69. The number of nitrogens with two attached hydrogens (primary N) is 1. The summed E-state index contributed by atoms with van der Waals surface area (Å²) in [5.74, 6) is 1.28. The number of fused-ring (bicyclic) bond motifs is 1. The fourth-order valence-corrected chi connectivity index (χ4v) is 4.06. The number of ether oxygens (including phenoxy) is 1. The van der Waals surface area contributed by atoms with Gasteiger partial charge in [-0.05, 0) is 60.5 Å². The zero-order valence-corrected chi connectivity index (χ0v) is 25.9. The van der Waals surface area contributed by atoms with Gasteiger partial charge in [0.25, 0.3) is 5.97 Å². The van der Waals surface area contributed by atoms with Crippen molar-refractivity contribution in [1.29, 1.82) is 0 Å². The maximum absolute atomic E-state index is 13.8. The minimum Gasteiger partial charge on any atom is -0.497 e. The Morgan fingerprint density at radius 2 is 1.57 bits per heavy atom. The number of urea groups is 1. The molecule has 0 aliphatic carbocycles. The number of carboxylic acids is 1. The average molecular weight is 617 g/mol. The molecule has 0 radical (unpaired) electrons. The van der Waals surface area contributed by atoms with Crippen molar-refractivity contribution in [2.75, 3.05) is 40.4 Å². The maximum Gasteiger partial charge on any atom is 0.335 e. The fourth-order valence-electron chi connectivity index (χ4n) is 4.06. The molecule has 0 fully saturated rings. The number of carbonyl (C=O) groups is 3. The predicted octanol–water partition coefficient (Wildman–Crippen LogP) is 5.85. The molecule has 3 N–H and O–H groups in total. The van der Waals surface area contributed by atoms with Crippen LogP contribution in [0.3, 0.4) is 0 Å². The molecular formula is C32H36N6O5S. The van der Waals surface area contributed by atoms with E-state index in [1.807, 2.05) is 72.4 Å². The Balaban J connectivity index is 0.000000592. The number of amides is 3. The number of carbonyl (C=O) groups excluding carboxylic acids is 2. The van der Waals surface area contributed by atoms with Gasteiger partial charge in [-0.1, -0.05) is 43.3 Å². The summed E-state index contributed by atoms with van der Waals surface area (Å²) in [6.45, 7) is 3.27. The number of aromatic nitrogens is 2. The van der Waals surface area contributed by atoms with Crippen LogP contribution in [-0.4, -0.2) is 58.6 Å². The highest BCUT2D eigenvalue weighted by atomic mass is 32.2. The van der Waals surface area contributed by atoms with Crippen LogP contribution in [0, 0.1) is 0 Å². The van der Waals surface area contributed by atoms with Gasteiger partial charge < -0.3 is 15.6 Å². The van der Waals surface area contributed by atoms with E-state index in [1.165, 1.54) is 15.6 Å². The quantitative estimate of drug-likeness (QED) is 0.262. The average Bonchev–Trinajstić information content (AvgIpc) is 3.05. The molecule has 44 heavy (non-hydrogen) atoms. The number of rotatable bonds is 7. The number of hydrogen-bond acceptors (Lipinski definition) is 8. The SMILES string of the molecule is CC(=O)O.CCSC.COc1ccc(N2Cc3cnc(N(C(=O)CN)c4ccccc4)nc3N(c3ccccc3)C2=O)cc1. The van der Waals surface area contributed by atoms with E-state index >= 15 is 0 Å². The van der Waals surface area contributed by atoms with Gasteiger partial charge in [-0.2, -0.15) is 16.7 Å². The normalized spacial score (nSPS) is 11.7. The molecule has 230 valence electrons. The van der Waals surface area contributed by atoms with Crippen LogP contribution in [0.4, 0.5) is 33.6 Å². The number of carboxylic acid groups (broad SMARTS) is 1. The van der Waals surface area contributed by atoms with Gasteiger partial charge in [0.05, 0.1) is 31.6 Å². The van der Waals surface area contributed by atoms with Gasteiger partial charge in [0.15, 0.2) is 5.82 Å². The van der Waals surface area contributed by atoms with Crippen LogP contribution >= 0.6 is 11.8 Å². The van der Waals surface area contributed by atoms with Gasteiger partial charge in [0.1, 0.15) is 5.75 Å². The summed E-state index contributed by atoms with van der Waals surface area (Å²) in [6.07, 6.45) is 3.75. The summed E-state index contributed by atoms with van der Waals surface area (Å²) < 4.78 is 5.26. The van der Waals surface area contributed by atoms with Crippen molar-refractivity contribution in [2.45, 2.75) is 20.4 Å². The largest absolute Gasteiger partial charge is 0.497 e. The van der Waals surface area contributed by atoms with Crippen molar-refractivity contribution in [2.24, 2.45) is 5.73 Å². The standard InChI is InChI=1S/C27H24N6O3.C3H8S.C2H4O2/c1-36-23-14-12-20(13-15-23)31-18-19-17-29-26(32(24(34)16-28)21-8-4-2-5-9-21)30-25(19)33(27(31)35)22-10-6-3-7-11-22;1-3-4-2;1-2(3)4/h2-15,17H,16,18,28H2,1H3;3H2,1-2H3;1H3,(H,3,4). The van der Waals surface area contributed by atoms with Crippen LogP contribution in [0.2, 0.25) is 0 Å². The number of hydrogen-bond donors (Lipinski definition) is 2. The monoisotopic (exact) mass is 616 g/mol. The lowest BCUT2D eigenvalue weighted by Gasteiger charge is -2.36. The highest BCUT2D eigenvalue weighted by Crippen LogP contribution is 2.37. The number of nitrogens with zero attached hydrogens (tertiary/aromatic N) is 5. The lowest BCUT2D eigenvalue weighted by atomic mass is 10.1. The molecule has 0 atom stereocenters. The van der Waals surface area contributed by atoms with E-state index < -0.39 is 5.97 Å². The Morgan fingerprint density at radius 3 is 2.09 bits per heavy atom.